The standard InChI is InChI=1S/C13H18O2/c1-2-13(14)15-12-7-8-6-11(12)10-5-3-4-9(8)10/h3,5,8-12H,2,4,6-7H2,1H3/t8-,9-,10+,11+,12+/m0/s1. The zero-order valence-corrected chi connectivity index (χ0v) is 9.19. The minimum atomic E-state index is -0.0222. The molecule has 82 valence electrons. The molecule has 2 nitrogen and oxygen atoms in total. The van der Waals surface area contributed by atoms with Crippen molar-refractivity contribution in [1.82, 2.24) is 0 Å². The lowest BCUT2D eigenvalue weighted by molar-refractivity contribution is -0.152. The zero-order valence-electron chi connectivity index (χ0n) is 9.19. The number of rotatable bonds is 2. The predicted molar refractivity (Wildman–Crippen MR) is 57.1 cm³/mol. The Hall–Kier alpha value is -0.790. The number of allylic oxidation sites excluding steroid dienone is 2. The molecule has 2 bridgehead atoms. The number of carbonyl (C=O) groups excluding carboxylic acids is 1. The molecule has 0 aliphatic heterocycles. The molecule has 3 aliphatic carbocycles. The van der Waals surface area contributed by atoms with Crippen LogP contribution in [0.3, 0.4) is 0 Å². The third-order valence-corrected chi connectivity index (χ3v) is 4.52. The summed E-state index contributed by atoms with van der Waals surface area (Å²) in [5, 5.41) is 0. The van der Waals surface area contributed by atoms with Gasteiger partial charge in [-0.05, 0) is 37.0 Å². The van der Waals surface area contributed by atoms with Crippen LogP contribution in [0.15, 0.2) is 12.2 Å². The first-order chi connectivity index (χ1) is 7.29. The summed E-state index contributed by atoms with van der Waals surface area (Å²) in [6, 6.07) is 0. The van der Waals surface area contributed by atoms with Crippen LogP contribution in [-0.2, 0) is 9.53 Å². The van der Waals surface area contributed by atoms with Crippen LogP contribution >= 0.6 is 0 Å². The second kappa shape index (κ2) is 3.36. The number of hydrogen-bond acceptors (Lipinski definition) is 2. The van der Waals surface area contributed by atoms with Crippen LogP contribution in [0.1, 0.15) is 32.6 Å². The van der Waals surface area contributed by atoms with Gasteiger partial charge in [-0.25, -0.2) is 0 Å². The summed E-state index contributed by atoms with van der Waals surface area (Å²) in [4.78, 5) is 11.3. The number of hydrogen-bond donors (Lipinski definition) is 0. The van der Waals surface area contributed by atoms with Gasteiger partial charge >= 0.3 is 5.97 Å². The summed E-state index contributed by atoms with van der Waals surface area (Å²) in [6.07, 6.45) is 9.10. The van der Waals surface area contributed by atoms with Crippen molar-refractivity contribution in [3.8, 4) is 0 Å². The molecule has 2 fully saturated rings. The van der Waals surface area contributed by atoms with Crippen LogP contribution < -0.4 is 0 Å². The summed E-state index contributed by atoms with van der Waals surface area (Å²) in [5.74, 6) is 3.04. The molecule has 0 aromatic carbocycles. The third-order valence-electron chi connectivity index (χ3n) is 4.52. The molecule has 0 aromatic rings. The fourth-order valence-corrected chi connectivity index (χ4v) is 3.87. The number of carbonyl (C=O) groups is 1. The third kappa shape index (κ3) is 1.34. The number of ether oxygens (including phenoxy) is 1. The van der Waals surface area contributed by atoms with Crippen molar-refractivity contribution >= 4 is 5.97 Å². The molecule has 2 heteroatoms. The Kier molecular flexibility index (Phi) is 2.11. The zero-order chi connectivity index (χ0) is 10.4. The lowest BCUT2D eigenvalue weighted by Gasteiger charge is -2.30. The molecule has 0 aromatic heterocycles. The van der Waals surface area contributed by atoms with E-state index in [9.17, 15) is 4.79 Å². The van der Waals surface area contributed by atoms with Crippen LogP contribution in [0.2, 0.25) is 0 Å². The van der Waals surface area contributed by atoms with Crippen molar-refractivity contribution in [2.75, 3.05) is 0 Å². The lowest BCUT2D eigenvalue weighted by Crippen LogP contribution is -2.31. The highest BCUT2D eigenvalue weighted by atomic mass is 16.5. The van der Waals surface area contributed by atoms with Gasteiger partial charge < -0.3 is 4.74 Å². The van der Waals surface area contributed by atoms with Crippen LogP contribution in [0.25, 0.3) is 0 Å². The van der Waals surface area contributed by atoms with E-state index in [2.05, 4.69) is 12.2 Å². The molecule has 0 N–H and O–H groups in total. The van der Waals surface area contributed by atoms with Crippen molar-refractivity contribution in [1.29, 1.82) is 0 Å². The van der Waals surface area contributed by atoms with Gasteiger partial charge in [-0.15, -0.1) is 0 Å². The van der Waals surface area contributed by atoms with E-state index in [0.29, 0.717) is 12.3 Å². The summed E-state index contributed by atoms with van der Waals surface area (Å²) in [7, 11) is 0. The summed E-state index contributed by atoms with van der Waals surface area (Å²) in [6.45, 7) is 1.87. The molecule has 0 radical (unpaired) electrons. The molecular formula is C13H18O2. The Balaban J connectivity index is 1.70. The number of fused-ring (bicyclic) bond motifs is 5. The predicted octanol–water partition coefficient (Wildman–Crippen LogP) is 2.54. The summed E-state index contributed by atoms with van der Waals surface area (Å²) >= 11 is 0. The van der Waals surface area contributed by atoms with Gasteiger partial charge in [0.05, 0.1) is 0 Å². The normalized spacial score (nSPS) is 45.8. The fourth-order valence-electron chi connectivity index (χ4n) is 3.87. The van der Waals surface area contributed by atoms with Gasteiger partial charge in [-0.3, -0.25) is 4.79 Å². The first kappa shape index (κ1) is 9.44. The van der Waals surface area contributed by atoms with Crippen LogP contribution in [0.5, 0.6) is 0 Å². The first-order valence-electron chi connectivity index (χ1n) is 6.15. The van der Waals surface area contributed by atoms with E-state index in [-0.39, 0.29) is 12.1 Å². The van der Waals surface area contributed by atoms with E-state index in [1.807, 2.05) is 6.92 Å². The first-order valence-corrected chi connectivity index (χ1v) is 6.15. The fraction of sp³-hybridized carbons (Fsp3) is 0.769. The Morgan fingerprint density at radius 2 is 2.27 bits per heavy atom. The van der Waals surface area contributed by atoms with Crippen molar-refractivity contribution in [3.05, 3.63) is 12.2 Å². The Morgan fingerprint density at radius 1 is 1.40 bits per heavy atom. The van der Waals surface area contributed by atoms with Gasteiger partial charge in [-0.2, -0.15) is 0 Å². The molecule has 3 aliphatic rings. The maximum atomic E-state index is 11.3. The quantitative estimate of drug-likeness (QED) is 0.512. The average Bonchev–Trinajstić information content (AvgIpc) is 2.87. The van der Waals surface area contributed by atoms with E-state index in [0.717, 1.165) is 24.2 Å². The van der Waals surface area contributed by atoms with Gasteiger partial charge in [0.25, 0.3) is 0 Å². The van der Waals surface area contributed by atoms with E-state index < -0.39 is 0 Å². The van der Waals surface area contributed by atoms with Gasteiger partial charge in [0.15, 0.2) is 0 Å². The van der Waals surface area contributed by atoms with Gasteiger partial charge in [0.1, 0.15) is 6.10 Å². The molecular weight excluding hydrogens is 188 g/mol. The monoisotopic (exact) mass is 206 g/mol. The van der Waals surface area contributed by atoms with Crippen LogP contribution in [-0.4, -0.2) is 12.1 Å². The minimum Gasteiger partial charge on any atom is -0.462 e. The highest BCUT2D eigenvalue weighted by molar-refractivity contribution is 5.69. The second-order valence-corrected chi connectivity index (χ2v) is 5.18. The van der Waals surface area contributed by atoms with Crippen LogP contribution in [0.4, 0.5) is 0 Å². The highest BCUT2D eigenvalue weighted by Crippen LogP contribution is 2.57. The van der Waals surface area contributed by atoms with E-state index >= 15 is 0 Å². The molecule has 3 rings (SSSR count). The number of esters is 1. The Bertz CT molecular complexity index is 308. The van der Waals surface area contributed by atoms with E-state index in [4.69, 9.17) is 4.74 Å². The maximum absolute atomic E-state index is 11.3. The van der Waals surface area contributed by atoms with Crippen molar-refractivity contribution in [2.24, 2.45) is 23.7 Å². The Labute approximate surface area is 90.7 Å². The van der Waals surface area contributed by atoms with E-state index in [1.165, 1.54) is 12.8 Å². The summed E-state index contributed by atoms with van der Waals surface area (Å²) in [5.41, 5.74) is 0. The van der Waals surface area contributed by atoms with Gasteiger partial charge in [-0.1, -0.05) is 19.1 Å². The minimum absolute atomic E-state index is 0.0222. The maximum Gasteiger partial charge on any atom is 0.305 e. The molecule has 0 spiro atoms. The topological polar surface area (TPSA) is 26.3 Å². The van der Waals surface area contributed by atoms with E-state index in [1.54, 1.807) is 0 Å². The van der Waals surface area contributed by atoms with Gasteiger partial charge in [0.2, 0.25) is 0 Å². The average molecular weight is 206 g/mol. The molecule has 0 saturated heterocycles. The van der Waals surface area contributed by atoms with Gasteiger partial charge in [0, 0.05) is 12.3 Å². The lowest BCUT2D eigenvalue weighted by atomic mass is 9.80. The van der Waals surface area contributed by atoms with Crippen molar-refractivity contribution < 1.29 is 9.53 Å². The second-order valence-electron chi connectivity index (χ2n) is 5.18. The smallest absolute Gasteiger partial charge is 0.305 e. The molecule has 0 amide bonds. The molecule has 2 saturated carbocycles. The van der Waals surface area contributed by atoms with Crippen molar-refractivity contribution in [2.45, 2.75) is 38.7 Å². The van der Waals surface area contributed by atoms with Crippen LogP contribution in [0, 0.1) is 23.7 Å². The molecule has 15 heavy (non-hydrogen) atoms. The van der Waals surface area contributed by atoms with Crippen molar-refractivity contribution in [3.63, 3.8) is 0 Å². The SMILES string of the molecule is CCC(=O)O[C@@H]1C[C@@H]2C[C@@H]1[C@@H]1C=CC[C@@H]21. The molecule has 5 atom stereocenters. The molecule has 0 heterocycles. The highest BCUT2D eigenvalue weighted by Gasteiger charge is 2.53. The summed E-state index contributed by atoms with van der Waals surface area (Å²) < 4.78 is 5.53. The largest absolute Gasteiger partial charge is 0.462 e. The molecule has 0 unspecified atom stereocenters. The Morgan fingerprint density at radius 3 is 3.07 bits per heavy atom.